The molecule has 132 valence electrons. The van der Waals surface area contributed by atoms with Crippen molar-refractivity contribution in [1.82, 2.24) is 20.2 Å². The summed E-state index contributed by atoms with van der Waals surface area (Å²) >= 11 is 0. The summed E-state index contributed by atoms with van der Waals surface area (Å²) < 4.78 is 5.28. The van der Waals surface area contributed by atoms with Crippen LogP contribution >= 0.6 is 0 Å². The summed E-state index contributed by atoms with van der Waals surface area (Å²) in [5, 5.41) is 22.4. The number of H-pyrrole nitrogens is 1. The molecule has 0 atom stereocenters. The number of nitrogens with zero attached hydrogens (tertiary/aromatic N) is 4. The number of ether oxygens (including phenoxy) is 1. The molecular formula is C17H23N7O. The van der Waals surface area contributed by atoms with Gasteiger partial charge >= 0.3 is 0 Å². The second-order valence-corrected chi connectivity index (χ2v) is 6.40. The van der Waals surface area contributed by atoms with Crippen molar-refractivity contribution >= 4 is 17.6 Å². The molecule has 0 amide bonds. The zero-order valence-electron chi connectivity index (χ0n) is 14.5. The highest BCUT2D eigenvalue weighted by atomic mass is 16.5. The first-order valence-electron chi connectivity index (χ1n) is 8.52. The highest BCUT2D eigenvalue weighted by Crippen LogP contribution is 2.28. The lowest BCUT2D eigenvalue weighted by atomic mass is 9.84. The van der Waals surface area contributed by atoms with Gasteiger partial charge in [0.15, 0.2) is 5.82 Å². The maximum Gasteiger partial charge on any atom is 0.228 e. The molecule has 8 nitrogen and oxygen atoms in total. The molecule has 0 unspecified atom stereocenters. The summed E-state index contributed by atoms with van der Waals surface area (Å²) in [5.74, 6) is 2.87. The van der Waals surface area contributed by atoms with E-state index >= 15 is 0 Å². The average Bonchev–Trinajstić information content (AvgIpc) is 3.01. The molecule has 3 rings (SSSR count). The second-order valence-electron chi connectivity index (χ2n) is 6.40. The fourth-order valence-electron chi connectivity index (χ4n) is 3.09. The summed E-state index contributed by atoms with van der Waals surface area (Å²) in [6, 6.07) is 6.23. The van der Waals surface area contributed by atoms with Crippen molar-refractivity contribution < 1.29 is 4.74 Å². The van der Waals surface area contributed by atoms with E-state index in [1.165, 1.54) is 0 Å². The molecular weight excluding hydrogens is 318 g/mol. The third kappa shape index (κ3) is 4.59. The van der Waals surface area contributed by atoms with Crippen molar-refractivity contribution in [2.75, 3.05) is 17.7 Å². The first-order chi connectivity index (χ1) is 12.2. The normalized spacial score (nSPS) is 19.9. The van der Waals surface area contributed by atoms with Crippen molar-refractivity contribution in [3.8, 4) is 11.9 Å². The molecule has 0 bridgehead atoms. The zero-order valence-corrected chi connectivity index (χ0v) is 14.5. The molecule has 1 aliphatic carbocycles. The van der Waals surface area contributed by atoms with Crippen molar-refractivity contribution in [3.63, 3.8) is 0 Å². The first-order valence-corrected chi connectivity index (χ1v) is 8.52. The summed E-state index contributed by atoms with van der Waals surface area (Å²) in [5.41, 5.74) is 0.969. The first kappa shape index (κ1) is 17.0. The minimum Gasteiger partial charge on any atom is -0.481 e. The minimum absolute atomic E-state index is 0.322. The predicted molar refractivity (Wildman–Crippen MR) is 94.8 cm³/mol. The molecule has 0 spiro atoms. The number of hydrogen-bond acceptors (Lipinski definition) is 7. The van der Waals surface area contributed by atoms with Crippen molar-refractivity contribution in [2.24, 2.45) is 5.92 Å². The van der Waals surface area contributed by atoms with Gasteiger partial charge in [-0.25, -0.2) is 0 Å². The van der Waals surface area contributed by atoms with Gasteiger partial charge in [0, 0.05) is 30.3 Å². The van der Waals surface area contributed by atoms with Crippen molar-refractivity contribution in [1.29, 1.82) is 5.26 Å². The van der Waals surface area contributed by atoms with Crippen LogP contribution in [0.2, 0.25) is 0 Å². The molecule has 3 N–H and O–H groups in total. The Morgan fingerprint density at radius 1 is 1.24 bits per heavy atom. The quantitative estimate of drug-likeness (QED) is 0.740. The molecule has 2 heterocycles. The van der Waals surface area contributed by atoms with Gasteiger partial charge < -0.3 is 15.4 Å². The Hall–Kier alpha value is -2.82. The molecule has 0 aliphatic heterocycles. The summed E-state index contributed by atoms with van der Waals surface area (Å²) in [4.78, 5) is 8.90. The lowest BCUT2D eigenvalue weighted by molar-refractivity contribution is 0.341. The number of aromatic nitrogens is 4. The maximum absolute atomic E-state index is 8.82. The number of hydrogen-bond donors (Lipinski definition) is 3. The number of aryl methyl sites for hydroxylation is 1. The molecule has 1 fully saturated rings. The van der Waals surface area contributed by atoms with Crippen molar-refractivity contribution in [3.05, 3.63) is 17.8 Å². The molecule has 2 aromatic rings. The smallest absolute Gasteiger partial charge is 0.228 e. The molecule has 25 heavy (non-hydrogen) atoms. The minimum atomic E-state index is 0.322. The average molecular weight is 341 g/mol. The molecule has 2 aromatic heterocycles. The van der Waals surface area contributed by atoms with Crippen LogP contribution in [0.3, 0.4) is 0 Å². The number of anilines is 3. The zero-order chi connectivity index (χ0) is 17.6. The Labute approximate surface area is 147 Å². The van der Waals surface area contributed by atoms with E-state index in [1.807, 2.05) is 13.0 Å². The summed E-state index contributed by atoms with van der Waals surface area (Å²) in [7, 11) is 1.59. The van der Waals surface area contributed by atoms with Gasteiger partial charge in [0.1, 0.15) is 5.82 Å². The van der Waals surface area contributed by atoms with Gasteiger partial charge in [0.2, 0.25) is 11.8 Å². The third-order valence-electron chi connectivity index (χ3n) is 4.43. The van der Waals surface area contributed by atoms with Crippen LogP contribution in [0.4, 0.5) is 17.6 Å². The van der Waals surface area contributed by atoms with E-state index in [1.54, 1.807) is 13.2 Å². The SMILES string of the molecule is COc1cc(Nc2cc(C)[nH]n2)nc(N[C@H]2CC[C@@H](CC#N)CC2)n1. The summed E-state index contributed by atoms with van der Waals surface area (Å²) in [6.07, 6.45) is 4.82. The largest absolute Gasteiger partial charge is 0.481 e. The van der Waals surface area contributed by atoms with E-state index < -0.39 is 0 Å². The highest BCUT2D eigenvalue weighted by Gasteiger charge is 2.21. The van der Waals surface area contributed by atoms with Gasteiger partial charge in [-0.2, -0.15) is 20.3 Å². The lowest BCUT2D eigenvalue weighted by Crippen LogP contribution is -2.27. The maximum atomic E-state index is 8.82. The number of nitriles is 1. The Bertz CT molecular complexity index is 744. The Balaban J connectivity index is 1.67. The second kappa shape index (κ2) is 7.83. The van der Waals surface area contributed by atoms with E-state index in [4.69, 9.17) is 10.00 Å². The Morgan fingerprint density at radius 2 is 2.04 bits per heavy atom. The fraction of sp³-hybridized carbons (Fsp3) is 0.529. The van der Waals surface area contributed by atoms with Crippen LogP contribution in [-0.4, -0.2) is 33.3 Å². The number of nitrogens with one attached hydrogen (secondary N) is 3. The van der Waals surface area contributed by atoms with E-state index in [9.17, 15) is 0 Å². The van der Waals surface area contributed by atoms with E-state index in [2.05, 4.69) is 36.9 Å². The molecule has 0 radical (unpaired) electrons. The van der Waals surface area contributed by atoms with Gasteiger partial charge in [-0.15, -0.1) is 0 Å². The number of rotatable bonds is 6. The highest BCUT2D eigenvalue weighted by molar-refractivity contribution is 5.55. The van der Waals surface area contributed by atoms with Gasteiger partial charge in [0.05, 0.1) is 13.2 Å². The van der Waals surface area contributed by atoms with Crippen LogP contribution in [0, 0.1) is 24.2 Å². The van der Waals surface area contributed by atoms with Crippen molar-refractivity contribution in [2.45, 2.75) is 45.1 Å². The molecule has 0 aromatic carbocycles. The Kier molecular flexibility index (Phi) is 5.33. The van der Waals surface area contributed by atoms with Crippen LogP contribution in [0.25, 0.3) is 0 Å². The standard InChI is InChI=1S/C17H23N7O/c1-11-9-15(24-23-11)20-14-10-16(25-2)22-17(21-14)19-13-5-3-12(4-6-13)7-8-18/h9-10,12-13H,3-7H2,1-2H3,(H3,19,20,21,22,23,24)/t12-,13+. The molecule has 1 aliphatic rings. The van der Waals surface area contributed by atoms with Gasteiger partial charge in [-0.1, -0.05) is 0 Å². The van der Waals surface area contributed by atoms with Crippen LogP contribution in [0.5, 0.6) is 5.88 Å². The monoisotopic (exact) mass is 341 g/mol. The van der Waals surface area contributed by atoms with Gasteiger partial charge in [-0.05, 0) is 38.5 Å². The molecule has 1 saturated carbocycles. The molecule has 8 heteroatoms. The van der Waals surface area contributed by atoms with Gasteiger partial charge in [0.25, 0.3) is 0 Å². The third-order valence-corrected chi connectivity index (χ3v) is 4.43. The number of aromatic amines is 1. The molecule has 0 saturated heterocycles. The number of methoxy groups -OCH3 is 1. The van der Waals surface area contributed by atoms with Crippen LogP contribution in [0.1, 0.15) is 37.8 Å². The fourth-order valence-corrected chi connectivity index (χ4v) is 3.09. The van der Waals surface area contributed by atoms with E-state index in [0.717, 1.165) is 31.4 Å². The van der Waals surface area contributed by atoms with Crippen LogP contribution in [0.15, 0.2) is 12.1 Å². The van der Waals surface area contributed by atoms with E-state index in [0.29, 0.717) is 41.8 Å². The van der Waals surface area contributed by atoms with Crippen LogP contribution < -0.4 is 15.4 Å². The predicted octanol–water partition coefficient (Wildman–Crippen LogP) is 3.14. The van der Waals surface area contributed by atoms with Gasteiger partial charge in [-0.3, -0.25) is 5.10 Å². The van der Waals surface area contributed by atoms with Crippen LogP contribution in [-0.2, 0) is 0 Å². The topological polar surface area (TPSA) is 112 Å². The summed E-state index contributed by atoms with van der Waals surface area (Å²) in [6.45, 7) is 1.94. The Morgan fingerprint density at radius 3 is 2.68 bits per heavy atom. The lowest BCUT2D eigenvalue weighted by Gasteiger charge is -2.27. The van der Waals surface area contributed by atoms with E-state index in [-0.39, 0.29) is 0 Å².